The van der Waals surface area contributed by atoms with Gasteiger partial charge in [-0.15, -0.1) is 0 Å². The van der Waals surface area contributed by atoms with Crippen molar-refractivity contribution in [2.45, 2.75) is 26.7 Å². The number of hydrogen-bond acceptors (Lipinski definition) is 3. The quantitative estimate of drug-likeness (QED) is 0.825. The third kappa shape index (κ3) is 3.52. The van der Waals surface area contributed by atoms with Gasteiger partial charge in [-0.1, -0.05) is 12.1 Å². The summed E-state index contributed by atoms with van der Waals surface area (Å²) in [6.45, 7) is 2.91. The number of amides is 1. The SMILES string of the molecule is CC(=O)Cc1cccc(C(N)=O)c1CC(C)=O. The Morgan fingerprint density at radius 2 is 1.65 bits per heavy atom. The molecule has 4 nitrogen and oxygen atoms in total. The van der Waals surface area contributed by atoms with Crippen molar-refractivity contribution in [2.24, 2.45) is 5.73 Å². The summed E-state index contributed by atoms with van der Waals surface area (Å²) >= 11 is 0. The number of nitrogens with two attached hydrogens (primary N) is 1. The van der Waals surface area contributed by atoms with Crippen molar-refractivity contribution in [3.63, 3.8) is 0 Å². The normalized spacial score (nSPS) is 10.0. The van der Waals surface area contributed by atoms with Crippen LogP contribution >= 0.6 is 0 Å². The molecule has 0 aromatic heterocycles. The Labute approximate surface area is 99.8 Å². The molecule has 0 spiro atoms. The zero-order valence-electron chi connectivity index (χ0n) is 9.95. The van der Waals surface area contributed by atoms with Crippen LogP contribution in [0.25, 0.3) is 0 Å². The summed E-state index contributed by atoms with van der Waals surface area (Å²) in [4.78, 5) is 33.6. The molecule has 2 N–H and O–H groups in total. The first kappa shape index (κ1) is 13.1. The maximum absolute atomic E-state index is 11.3. The molecule has 1 aromatic rings. The van der Waals surface area contributed by atoms with Crippen LogP contribution < -0.4 is 5.73 Å². The Hall–Kier alpha value is -1.97. The van der Waals surface area contributed by atoms with E-state index in [1.54, 1.807) is 18.2 Å². The molecule has 1 aromatic carbocycles. The van der Waals surface area contributed by atoms with Gasteiger partial charge in [0.25, 0.3) is 0 Å². The summed E-state index contributed by atoms with van der Waals surface area (Å²) in [6.07, 6.45) is 0.339. The van der Waals surface area contributed by atoms with Crippen molar-refractivity contribution in [2.75, 3.05) is 0 Å². The monoisotopic (exact) mass is 233 g/mol. The van der Waals surface area contributed by atoms with Crippen LogP contribution in [0.1, 0.15) is 35.3 Å². The maximum atomic E-state index is 11.3. The minimum Gasteiger partial charge on any atom is -0.366 e. The van der Waals surface area contributed by atoms with Crippen LogP contribution in [0.15, 0.2) is 18.2 Å². The van der Waals surface area contributed by atoms with Crippen LogP contribution in [0.5, 0.6) is 0 Å². The molecule has 0 unspecified atom stereocenters. The molecule has 0 aliphatic heterocycles. The van der Waals surface area contributed by atoms with E-state index in [9.17, 15) is 14.4 Å². The molecule has 1 rings (SSSR count). The molecular formula is C13H15NO3. The second-order valence-corrected chi connectivity index (χ2v) is 4.07. The highest BCUT2D eigenvalue weighted by molar-refractivity contribution is 5.96. The van der Waals surface area contributed by atoms with E-state index < -0.39 is 5.91 Å². The van der Waals surface area contributed by atoms with Gasteiger partial charge in [-0.3, -0.25) is 14.4 Å². The van der Waals surface area contributed by atoms with Crippen molar-refractivity contribution in [1.29, 1.82) is 0 Å². The fourth-order valence-electron chi connectivity index (χ4n) is 1.76. The highest BCUT2D eigenvalue weighted by atomic mass is 16.1. The largest absolute Gasteiger partial charge is 0.366 e. The molecular weight excluding hydrogens is 218 g/mol. The predicted octanol–water partition coefficient (Wildman–Crippen LogP) is 1.05. The van der Waals surface area contributed by atoms with Gasteiger partial charge >= 0.3 is 0 Å². The third-order valence-electron chi connectivity index (χ3n) is 2.40. The van der Waals surface area contributed by atoms with Crippen molar-refractivity contribution in [3.8, 4) is 0 Å². The second kappa shape index (κ2) is 5.39. The number of ketones is 2. The van der Waals surface area contributed by atoms with Crippen LogP contribution in [-0.4, -0.2) is 17.5 Å². The lowest BCUT2D eigenvalue weighted by molar-refractivity contribution is -0.117. The molecule has 1 amide bonds. The molecule has 0 aliphatic carbocycles. The second-order valence-electron chi connectivity index (χ2n) is 4.07. The number of rotatable bonds is 5. The Kier molecular flexibility index (Phi) is 4.15. The van der Waals surface area contributed by atoms with E-state index in [1.807, 2.05) is 0 Å². The summed E-state index contributed by atoms with van der Waals surface area (Å²) in [7, 11) is 0. The summed E-state index contributed by atoms with van der Waals surface area (Å²) in [5.41, 5.74) is 6.84. The number of benzene rings is 1. The highest BCUT2D eigenvalue weighted by Crippen LogP contribution is 2.17. The number of Topliss-reactive ketones (excluding diaryl/α,β-unsaturated/α-hetero) is 2. The zero-order chi connectivity index (χ0) is 13.0. The molecule has 0 bridgehead atoms. The highest BCUT2D eigenvalue weighted by Gasteiger charge is 2.14. The van der Waals surface area contributed by atoms with Crippen LogP contribution in [0.2, 0.25) is 0 Å². The van der Waals surface area contributed by atoms with E-state index in [2.05, 4.69) is 0 Å². The molecule has 0 radical (unpaired) electrons. The first-order valence-electron chi connectivity index (χ1n) is 5.31. The predicted molar refractivity (Wildman–Crippen MR) is 63.7 cm³/mol. The summed E-state index contributed by atoms with van der Waals surface area (Å²) < 4.78 is 0. The van der Waals surface area contributed by atoms with Gasteiger partial charge in [0.2, 0.25) is 5.91 Å². The molecule has 0 atom stereocenters. The van der Waals surface area contributed by atoms with E-state index in [-0.39, 0.29) is 24.4 Å². The number of hydrogen-bond donors (Lipinski definition) is 1. The lowest BCUT2D eigenvalue weighted by atomic mass is 9.93. The van der Waals surface area contributed by atoms with Gasteiger partial charge in [0.1, 0.15) is 11.6 Å². The molecule has 0 saturated carbocycles. The lowest BCUT2D eigenvalue weighted by Crippen LogP contribution is -2.17. The fraction of sp³-hybridized carbons (Fsp3) is 0.308. The number of carbonyl (C=O) groups excluding carboxylic acids is 3. The average molecular weight is 233 g/mol. The van der Waals surface area contributed by atoms with Crippen molar-refractivity contribution in [3.05, 3.63) is 34.9 Å². The van der Waals surface area contributed by atoms with Crippen molar-refractivity contribution >= 4 is 17.5 Å². The van der Waals surface area contributed by atoms with Gasteiger partial charge in [0.15, 0.2) is 0 Å². The minimum absolute atomic E-state index is 0.0172. The van der Waals surface area contributed by atoms with Gasteiger partial charge in [0.05, 0.1) is 0 Å². The number of carbonyl (C=O) groups is 3. The first-order valence-corrected chi connectivity index (χ1v) is 5.31. The van der Waals surface area contributed by atoms with Crippen LogP contribution in [0.4, 0.5) is 0 Å². The molecule has 4 heteroatoms. The van der Waals surface area contributed by atoms with Gasteiger partial charge in [-0.05, 0) is 31.0 Å². The summed E-state index contributed by atoms with van der Waals surface area (Å²) in [5.74, 6) is -0.661. The van der Waals surface area contributed by atoms with Crippen LogP contribution in [0.3, 0.4) is 0 Å². The van der Waals surface area contributed by atoms with E-state index in [1.165, 1.54) is 13.8 Å². The Balaban J connectivity index is 3.28. The van der Waals surface area contributed by atoms with E-state index in [4.69, 9.17) is 5.73 Å². The summed E-state index contributed by atoms with van der Waals surface area (Å²) in [5, 5.41) is 0. The standard InChI is InChI=1S/C13H15NO3/c1-8(15)6-10-4-3-5-11(13(14)17)12(10)7-9(2)16/h3-5H,6-7H2,1-2H3,(H2,14,17). The molecule has 0 fully saturated rings. The molecule has 0 aliphatic rings. The third-order valence-corrected chi connectivity index (χ3v) is 2.40. The van der Waals surface area contributed by atoms with E-state index >= 15 is 0 Å². The van der Waals surface area contributed by atoms with Crippen LogP contribution in [0, 0.1) is 0 Å². The van der Waals surface area contributed by atoms with E-state index in [0.29, 0.717) is 16.7 Å². The molecule has 0 heterocycles. The average Bonchev–Trinajstić information content (AvgIpc) is 2.18. The zero-order valence-corrected chi connectivity index (χ0v) is 9.95. The fourth-order valence-corrected chi connectivity index (χ4v) is 1.76. The minimum atomic E-state index is -0.577. The van der Waals surface area contributed by atoms with Crippen molar-refractivity contribution in [1.82, 2.24) is 0 Å². The van der Waals surface area contributed by atoms with Gasteiger partial charge in [-0.2, -0.15) is 0 Å². The van der Waals surface area contributed by atoms with Gasteiger partial charge < -0.3 is 5.73 Å². The molecule has 0 saturated heterocycles. The Morgan fingerprint density at radius 3 is 2.12 bits per heavy atom. The Bertz CT molecular complexity index is 478. The smallest absolute Gasteiger partial charge is 0.249 e. The summed E-state index contributed by atoms with van der Waals surface area (Å²) in [6, 6.07) is 4.98. The topological polar surface area (TPSA) is 77.2 Å². The maximum Gasteiger partial charge on any atom is 0.249 e. The molecule has 90 valence electrons. The van der Waals surface area contributed by atoms with E-state index in [0.717, 1.165) is 0 Å². The Morgan fingerprint density at radius 1 is 1.06 bits per heavy atom. The first-order chi connectivity index (χ1) is 7.91. The van der Waals surface area contributed by atoms with Crippen molar-refractivity contribution < 1.29 is 14.4 Å². The van der Waals surface area contributed by atoms with Crippen LogP contribution in [-0.2, 0) is 22.4 Å². The number of primary amides is 1. The van der Waals surface area contributed by atoms with Gasteiger partial charge in [0, 0.05) is 18.4 Å². The molecule has 17 heavy (non-hydrogen) atoms. The van der Waals surface area contributed by atoms with Gasteiger partial charge in [-0.25, -0.2) is 0 Å². The lowest BCUT2D eigenvalue weighted by Gasteiger charge is -2.10.